The van der Waals surface area contributed by atoms with E-state index in [1.54, 1.807) is 0 Å². The number of hydrogen-bond acceptors (Lipinski definition) is 1. The predicted octanol–water partition coefficient (Wildman–Crippen LogP) is 3.61. The second-order valence-corrected chi connectivity index (χ2v) is 7.70. The van der Waals surface area contributed by atoms with Crippen molar-refractivity contribution in [2.24, 2.45) is 28.6 Å². The summed E-state index contributed by atoms with van der Waals surface area (Å²) in [6, 6.07) is 0. The average Bonchev–Trinajstić information content (AvgIpc) is 2.58. The third kappa shape index (κ3) is 1.06. The predicted molar refractivity (Wildman–Crippen MR) is 66.1 cm³/mol. The second-order valence-electron chi connectivity index (χ2n) is 7.70. The first-order valence-electron chi connectivity index (χ1n) is 7.03. The van der Waals surface area contributed by atoms with Gasteiger partial charge in [0.15, 0.2) is 0 Å². The molecule has 1 N–H and O–H groups in total. The first-order chi connectivity index (χ1) is 7.31. The number of rotatable bonds is 0. The van der Waals surface area contributed by atoms with Crippen LogP contribution in [0.4, 0.5) is 0 Å². The first kappa shape index (κ1) is 11.1. The standard InChI is InChI=1S/C15H26O/c1-10-5-6-11-13(2,3)12-9-15(10,11)8-7-14(12,4)16/h10-12,16H,5-9H2,1-4H3/t10-,11+,12+,14-,15-/m1/s1. The molecule has 0 heterocycles. The van der Waals surface area contributed by atoms with Gasteiger partial charge in [0.25, 0.3) is 0 Å². The molecule has 0 aromatic carbocycles. The Morgan fingerprint density at radius 1 is 1.00 bits per heavy atom. The molecule has 0 radical (unpaired) electrons. The molecule has 1 spiro atoms. The number of hydrogen-bond donors (Lipinski definition) is 1. The summed E-state index contributed by atoms with van der Waals surface area (Å²) in [5.74, 6) is 2.29. The third-order valence-electron chi connectivity index (χ3n) is 6.79. The number of fused-ring (bicyclic) bond motifs is 1. The molecule has 0 unspecified atom stereocenters. The molecule has 2 bridgehead atoms. The summed E-state index contributed by atoms with van der Waals surface area (Å²) in [7, 11) is 0. The van der Waals surface area contributed by atoms with Crippen LogP contribution in [-0.4, -0.2) is 10.7 Å². The van der Waals surface area contributed by atoms with E-state index in [1.165, 1.54) is 25.7 Å². The van der Waals surface area contributed by atoms with Gasteiger partial charge in [-0.2, -0.15) is 0 Å². The van der Waals surface area contributed by atoms with Crippen molar-refractivity contribution in [1.29, 1.82) is 0 Å². The monoisotopic (exact) mass is 222 g/mol. The highest BCUT2D eigenvalue weighted by Gasteiger charge is 2.67. The van der Waals surface area contributed by atoms with E-state index >= 15 is 0 Å². The van der Waals surface area contributed by atoms with E-state index in [9.17, 15) is 5.11 Å². The van der Waals surface area contributed by atoms with Gasteiger partial charge >= 0.3 is 0 Å². The highest BCUT2D eigenvalue weighted by molar-refractivity contribution is 5.16. The van der Waals surface area contributed by atoms with Crippen LogP contribution in [0.5, 0.6) is 0 Å². The van der Waals surface area contributed by atoms with Crippen molar-refractivity contribution in [2.75, 3.05) is 0 Å². The smallest absolute Gasteiger partial charge is 0.0653 e. The van der Waals surface area contributed by atoms with E-state index in [4.69, 9.17) is 0 Å². The SMILES string of the molecule is C[C@@H]1CC[C@H]2C(C)(C)[C@@H]3C[C@]12CC[C@@]3(C)O. The molecule has 5 atom stereocenters. The van der Waals surface area contributed by atoms with Crippen molar-refractivity contribution in [2.45, 2.75) is 65.4 Å². The van der Waals surface area contributed by atoms with Gasteiger partial charge in [-0.15, -0.1) is 0 Å². The van der Waals surface area contributed by atoms with Crippen molar-refractivity contribution in [3.05, 3.63) is 0 Å². The van der Waals surface area contributed by atoms with E-state index in [0.29, 0.717) is 16.7 Å². The van der Waals surface area contributed by atoms with E-state index in [1.807, 2.05) is 0 Å². The molecule has 92 valence electrons. The summed E-state index contributed by atoms with van der Waals surface area (Å²) >= 11 is 0. The Kier molecular flexibility index (Phi) is 1.98. The molecule has 3 saturated carbocycles. The highest BCUT2D eigenvalue weighted by Crippen LogP contribution is 2.73. The molecule has 0 aliphatic heterocycles. The van der Waals surface area contributed by atoms with Crippen LogP contribution in [0, 0.1) is 28.6 Å². The van der Waals surface area contributed by atoms with Crippen molar-refractivity contribution in [3.63, 3.8) is 0 Å². The summed E-state index contributed by atoms with van der Waals surface area (Å²) < 4.78 is 0. The molecular formula is C15H26O. The lowest BCUT2D eigenvalue weighted by Crippen LogP contribution is -2.44. The highest BCUT2D eigenvalue weighted by atomic mass is 16.3. The number of aliphatic hydroxyl groups is 1. The van der Waals surface area contributed by atoms with Gasteiger partial charge in [0.1, 0.15) is 0 Å². The molecule has 0 amide bonds. The summed E-state index contributed by atoms with van der Waals surface area (Å²) in [6.07, 6.45) is 6.41. The normalized spacial score (nSPS) is 58.7. The zero-order valence-electron chi connectivity index (χ0n) is 11.2. The van der Waals surface area contributed by atoms with E-state index in [-0.39, 0.29) is 0 Å². The Morgan fingerprint density at radius 3 is 2.38 bits per heavy atom. The maximum absolute atomic E-state index is 10.6. The molecule has 0 saturated heterocycles. The summed E-state index contributed by atoms with van der Waals surface area (Å²) in [5.41, 5.74) is 0.542. The Hall–Kier alpha value is -0.0400. The minimum atomic E-state index is -0.404. The van der Waals surface area contributed by atoms with Gasteiger partial charge in [0.2, 0.25) is 0 Å². The topological polar surface area (TPSA) is 20.2 Å². The fraction of sp³-hybridized carbons (Fsp3) is 1.00. The summed E-state index contributed by atoms with van der Waals surface area (Å²) in [6.45, 7) is 9.38. The molecule has 3 fully saturated rings. The van der Waals surface area contributed by atoms with E-state index < -0.39 is 5.60 Å². The minimum absolute atomic E-state index is 0.352. The van der Waals surface area contributed by atoms with E-state index in [0.717, 1.165) is 18.3 Å². The maximum atomic E-state index is 10.6. The molecule has 3 aliphatic carbocycles. The Bertz CT molecular complexity index is 313. The van der Waals surface area contributed by atoms with Crippen LogP contribution in [0.25, 0.3) is 0 Å². The van der Waals surface area contributed by atoms with Gasteiger partial charge < -0.3 is 5.11 Å². The Labute approximate surface area is 99.6 Å². The Morgan fingerprint density at radius 2 is 1.69 bits per heavy atom. The zero-order valence-corrected chi connectivity index (χ0v) is 11.2. The Balaban J connectivity index is 2.07. The summed E-state index contributed by atoms with van der Waals surface area (Å²) in [5, 5.41) is 10.6. The van der Waals surface area contributed by atoms with Crippen LogP contribution in [0.3, 0.4) is 0 Å². The molecular weight excluding hydrogens is 196 g/mol. The van der Waals surface area contributed by atoms with Crippen molar-refractivity contribution >= 4 is 0 Å². The lowest BCUT2D eigenvalue weighted by Gasteiger charge is -2.44. The molecule has 16 heavy (non-hydrogen) atoms. The lowest BCUT2D eigenvalue weighted by atomic mass is 9.64. The fourth-order valence-corrected chi connectivity index (χ4v) is 5.88. The van der Waals surface area contributed by atoms with E-state index in [2.05, 4.69) is 27.7 Å². The van der Waals surface area contributed by atoms with Crippen molar-refractivity contribution in [3.8, 4) is 0 Å². The quantitative estimate of drug-likeness (QED) is 0.664. The molecule has 1 heteroatoms. The van der Waals surface area contributed by atoms with Crippen molar-refractivity contribution < 1.29 is 5.11 Å². The van der Waals surface area contributed by atoms with Crippen LogP contribution in [0.1, 0.15) is 59.8 Å². The molecule has 3 rings (SSSR count). The largest absolute Gasteiger partial charge is 0.390 e. The average molecular weight is 222 g/mol. The summed E-state index contributed by atoms with van der Waals surface area (Å²) in [4.78, 5) is 0. The second kappa shape index (κ2) is 2.85. The van der Waals surface area contributed by atoms with Gasteiger partial charge in [-0.05, 0) is 67.6 Å². The zero-order chi connectivity index (χ0) is 11.8. The molecule has 0 aromatic rings. The van der Waals surface area contributed by atoms with Gasteiger partial charge in [0.05, 0.1) is 5.60 Å². The minimum Gasteiger partial charge on any atom is -0.390 e. The first-order valence-corrected chi connectivity index (χ1v) is 7.03. The van der Waals surface area contributed by atoms with Crippen LogP contribution >= 0.6 is 0 Å². The fourth-order valence-electron chi connectivity index (χ4n) is 5.88. The molecule has 1 nitrogen and oxygen atoms in total. The molecule has 0 aromatic heterocycles. The maximum Gasteiger partial charge on any atom is 0.0653 e. The van der Waals surface area contributed by atoms with Crippen LogP contribution in [-0.2, 0) is 0 Å². The lowest BCUT2D eigenvalue weighted by molar-refractivity contribution is -0.0717. The van der Waals surface area contributed by atoms with Crippen molar-refractivity contribution in [1.82, 2.24) is 0 Å². The van der Waals surface area contributed by atoms with Gasteiger partial charge in [-0.3, -0.25) is 0 Å². The van der Waals surface area contributed by atoms with Crippen LogP contribution in [0.2, 0.25) is 0 Å². The van der Waals surface area contributed by atoms with Crippen LogP contribution < -0.4 is 0 Å². The third-order valence-corrected chi connectivity index (χ3v) is 6.79. The van der Waals surface area contributed by atoms with Gasteiger partial charge in [0, 0.05) is 0 Å². The van der Waals surface area contributed by atoms with Crippen LogP contribution in [0.15, 0.2) is 0 Å². The molecule has 3 aliphatic rings. The van der Waals surface area contributed by atoms with Gasteiger partial charge in [-0.25, -0.2) is 0 Å². The van der Waals surface area contributed by atoms with Gasteiger partial charge in [-0.1, -0.05) is 20.8 Å².